The van der Waals surface area contributed by atoms with Crippen LogP contribution in [0.1, 0.15) is 26.7 Å². The van der Waals surface area contributed by atoms with Crippen LogP contribution in [0.2, 0.25) is 0 Å². The van der Waals surface area contributed by atoms with E-state index in [-0.39, 0.29) is 17.9 Å². The second kappa shape index (κ2) is 3.22. The van der Waals surface area contributed by atoms with Gasteiger partial charge in [0.15, 0.2) is 0 Å². The zero-order valence-electron chi connectivity index (χ0n) is 7.13. The SMILES string of the molecule is C[C@@H]1CC[C@H](C(N)=O)[C@@H](C)N1. The van der Waals surface area contributed by atoms with Crippen LogP contribution < -0.4 is 11.1 Å². The maximum Gasteiger partial charge on any atom is 0.222 e. The predicted molar refractivity (Wildman–Crippen MR) is 44.0 cm³/mol. The quantitative estimate of drug-likeness (QED) is 0.571. The summed E-state index contributed by atoms with van der Waals surface area (Å²) in [6.07, 6.45) is 1.99. The maximum atomic E-state index is 10.9. The third-order valence-corrected chi connectivity index (χ3v) is 2.43. The van der Waals surface area contributed by atoms with Gasteiger partial charge in [0.25, 0.3) is 0 Å². The van der Waals surface area contributed by atoms with Crippen LogP contribution in [0.5, 0.6) is 0 Å². The molecule has 1 saturated heterocycles. The molecule has 1 heterocycles. The Morgan fingerprint density at radius 3 is 2.55 bits per heavy atom. The average Bonchev–Trinajstić information content (AvgIpc) is 1.85. The first-order valence-corrected chi connectivity index (χ1v) is 4.16. The van der Waals surface area contributed by atoms with Gasteiger partial charge in [0.05, 0.1) is 5.92 Å². The van der Waals surface area contributed by atoms with E-state index in [4.69, 9.17) is 5.73 Å². The predicted octanol–water partition coefficient (Wildman–Crippen LogP) is 0.248. The summed E-state index contributed by atoms with van der Waals surface area (Å²) < 4.78 is 0. The number of piperidine rings is 1. The highest BCUT2D eigenvalue weighted by Crippen LogP contribution is 2.18. The maximum absolute atomic E-state index is 10.9. The number of primary amides is 1. The van der Waals surface area contributed by atoms with E-state index in [2.05, 4.69) is 12.2 Å². The normalized spacial score (nSPS) is 38.5. The minimum absolute atomic E-state index is 0.0335. The van der Waals surface area contributed by atoms with E-state index in [1.54, 1.807) is 0 Å². The van der Waals surface area contributed by atoms with Crippen molar-refractivity contribution in [1.29, 1.82) is 0 Å². The number of carbonyl (C=O) groups is 1. The van der Waals surface area contributed by atoms with E-state index in [0.717, 1.165) is 12.8 Å². The van der Waals surface area contributed by atoms with Gasteiger partial charge in [-0.05, 0) is 26.7 Å². The molecule has 3 atom stereocenters. The first-order valence-electron chi connectivity index (χ1n) is 4.16. The number of hydrogen-bond acceptors (Lipinski definition) is 2. The summed E-state index contributed by atoms with van der Waals surface area (Å²) in [5.41, 5.74) is 5.22. The molecule has 1 amide bonds. The van der Waals surface area contributed by atoms with Crippen molar-refractivity contribution in [3.05, 3.63) is 0 Å². The minimum atomic E-state index is -0.170. The Morgan fingerprint density at radius 2 is 2.09 bits per heavy atom. The first kappa shape index (κ1) is 8.53. The van der Waals surface area contributed by atoms with Crippen LogP contribution in [0, 0.1) is 5.92 Å². The molecule has 0 aromatic carbocycles. The van der Waals surface area contributed by atoms with Gasteiger partial charge in [-0.15, -0.1) is 0 Å². The summed E-state index contributed by atoms with van der Waals surface area (Å²) in [6.45, 7) is 4.15. The van der Waals surface area contributed by atoms with Gasteiger partial charge in [-0.25, -0.2) is 0 Å². The molecule has 0 aromatic heterocycles. The summed E-state index contributed by atoms with van der Waals surface area (Å²) in [5.74, 6) is -0.136. The van der Waals surface area contributed by atoms with Crippen LogP contribution in [0.4, 0.5) is 0 Å². The van der Waals surface area contributed by atoms with Crippen molar-refractivity contribution in [2.45, 2.75) is 38.8 Å². The van der Waals surface area contributed by atoms with Crippen LogP contribution in [0.25, 0.3) is 0 Å². The largest absolute Gasteiger partial charge is 0.369 e. The summed E-state index contributed by atoms with van der Waals surface area (Å²) in [5, 5.41) is 3.31. The fourth-order valence-corrected chi connectivity index (χ4v) is 1.72. The van der Waals surface area contributed by atoms with Crippen molar-refractivity contribution in [2.75, 3.05) is 0 Å². The average molecular weight is 156 g/mol. The molecule has 0 aromatic rings. The van der Waals surface area contributed by atoms with Crippen molar-refractivity contribution in [3.8, 4) is 0 Å². The molecule has 0 spiro atoms. The molecule has 3 N–H and O–H groups in total. The molecule has 1 fully saturated rings. The molecule has 3 nitrogen and oxygen atoms in total. The van der Waals surface area contributed by atoms with Crippen molar-refractivity contribution >= 4 is 5.91 Å². The van der Waals surface area contributed by atoms with Gasteiger partial charge in [0.2, 0.25) is 5.91 Å². The van der Waals surface area contributed by atoms with Crippen LogP contribution >= 0.6 is 0 Å². The Balaban J connectivity index is 2.50. The summed E-state index contributed by atoms with van der Waals surface area (Å²) in [6, 6.07) is 0.775. The van der Waals surface area contributed by atoms with E-state index < -0.39 is 0 Å². The first-order chi connectivity index (χ1) is 5.11. The molecule has 1 aliphatic rings. The van der Waals surface area contributed by atoms with E-state index in [1.807, 2.05) is 6.92 Å². The van der Waals surface area contributed by atoms with Crippen LogP contribution in [0.15, 0.2) is 0 Å². The Bertz CT molecular complexity index is 158. The second-order valence-electron chi connectivity index (χ2n) is 3.44. The highest BCUT2D eigenvalue weighted by Gasteiger charge is 2.28. The summed E-state index contributed by atoms with van der Waals surface area (Å²) in [4.78, 5) is 10.9. The Kier molecular flexibility index (Phi) is 2.49. The lowest BCUT2D eigenvalue weighted by Gasteiger charge is -2.31. The number of amides is 1. The lowest BCUT2D eigenvalue weighted by atomic mass is 9.88. The highest BCUT2D eigenvalue weighted by atomic mass is 16.1. The zero-order valence-corrected chi connectivity index (χ0v) is 7.13. The molecule has 11 heavy (non-hydrogen) atoms. The molecule has 0 bridgehead atoms. The standard InChI is InChI=1S/C8H16N2O/c1-5-3-4-7(8(9)11)6(2)10-5/h5-7,10H,3-4H2,1-2H3,(H2,9,11)/t5-,6-,7+/m1/s1. The molecule has 3 heteroatoms. The molecule has 0 saturated carbocycles. The van der Waals surface area contributed by atoms with Crippen molar-refractivity contribution in [2.24, 2.45) is 11.7 Å². The van der Waals surface area contributed by atoms with Gasteiger partial charge < -0.3 is 11.1 Å². The van der Waals surface area contributed by atoms with Gasteiger partial charge in [0, 0.05) is 12.1 Å². The van der Waals surface area contributed by atoms with Gasteiger partial charge in [-0.1, -0.05) is 0 Å². The molecule has 0 unspecified atom stereocenters. The Morgan fingerprint density at radius 1 is 1.45 bits per heavy atom. The zero-order chi connectivity index (χ0) is 8.43. The van der Waals surface area contributed by atoms with Gasteiger partial charge in [0.1, 0.15) is 0 Å². The summed E-state index contributed by atoms with van der Waals surface area (Å²) >= 11 is 0. The number of nitrogens with two attached hydrogens (primary N) is 1. The molecular weight excluding hydrogens is 140 g/mol. The van der Waals surface area contributed by atoms with E-state index in [0.29, 0.717) is 6.04 Å². The molecule has 0 aliphatic carbocycles. The third-order valence-electron chi connectivity index (χ3n) is 2.43. The van der Waals surface area contributed by atoms with Gasteiger partial charge >= 0.3 is 0 Å². The van der Waals surface area contributed by atoms with Gasteiger partial charge in [-0.3, -0.25) is 4.79 Å². The number of carbonyl (C=O) groups excluding carboxylic acids is 1. The third kappa shape index (κ3) is 1.93. The molecule has 1 rings (SSSR count). The van der Waals surface area contributed by atoms with E-state index in [1.165, 1.54) is 0 Å². The number of nitrogens with one attached hydrogen (secondary N) is 1. The van der Waals surface area contributed by atoms with Crippen LogP contribution in [-0.2, 0) is 4.79 Å². The topological polar surface area (TPSA) is 55.1 Å². The molecule has 1 aliphatic heterocycles. The molecular formula is C8H16N2O. The van der Waals surface area contributed by atoms with Gasteiger partial charge in [-0.2, -0.15) is 0 Å². The van der Waals surface area contributed by atoms with Crippen molar-refractivity contribution in [1.82, 2.24) is 5.32 Å². The van der Waals surface area contributed by atoms with Crippen LogP contribution in [0.3, 0.4) is 0 Å². The lowest BCUT2D eigenvalue weighted by molar-refractivity contribution is -0.123. The van der Waals surface area contributed by atoms with Crippen molar-refractivity contribution in [3.63, 3.8) is 0 Å². The summed E-state index contributed by atoms with van der Waals surface area (Å²) in [7, 11) is 0. The van der Waals surface area contributed by atoms with E-state index in [9.17, 15) is 4.79 Å². The number of rotatable bonds is 1. The van der Waals surface area contributed by atoms with Crippen molar-refractivity contribution < 1.29 is 4.79 Å². The second-order valence-corrected chi connectivity index (χ2v) is 3.44. The lowest BCUT2D eigenvalue weighted by Crippen LogP contribution is -2.48. The Labute approximate surface area is 67.3 Å². The van der Waals surface area contributed by atoms with Crippen LogP contribution in [-0.4, -0.2) is 18.0 Å². The smallest absolute Gasteiger partial charge is 0.222 e. The minimum Gasteiger partial charge on any atom is -0.369 e. The number of hydrogen-bond donors (Lipinski definition) is 2. The molecule has 0 radical (unpaired) electrons. The molecule has 64 valence electrons. The fourth-order valence-electron chi connectivity index (χ4n) is 1.72. The highest BCUT2D eigenvalue weighted by molar-refractivity contribution is 5.77. The monoisotopic (exact) mass is 156 g/mol. The fraction of sp³-hybridized carbons (Fsp3) is 0.875. The Hall–Kier alpha value is -0.570. The van der Waals surface area contributed by atoms with E-state index >= 15 is 0 Å².